The van der Waals surface area contributed by atoms with Gasteiger partial charge in [-0.1, -0.05) is 17.7 Å². The average molecular weight is 280 g/mol. The molecule has 0 saturated carbocycles. The van der Waals surface area contributed by atoms with Crippen LogP contribution in [0.4, 0.5) is 10.1 Å². The summed E-state index contributed by atoms with van der Waals surface area (Å²) in [5.41, 5.74) is 0.844. The number of nitrogens with one attached hydrogen (secondary N) is 1. The Hall–Kier alpha value is -2.07. The number of carbonyl (C=O) groups is 1. The van der Waals surface area contributed by atoms with Crippen molar-refractivity contribution in [2.24, 2.45) is 0 Å². The third-order valence-corrected chi connectivity index (χ3v) is 2.96. The summed E-state index contributed by atoms with van der Waals surface area (Å²) in [7, 11) is 0. The average Bonchev–Trinajstić information content (AvgIpc) is 2.34. The van der Waals surface area contributed by atoms with Gasteiger partial charge in [0.1, 0.15) is 11.6 Å². The van der Waals surface area contributed by atoms with Gasteiger partial charge in [0, 0.05) is 16.3 Å². The fourth-order valence-electron chi connectivity index (χ4n) is 1.62. The number of aromatic hydroxyl groups is 1. The molecule has 0 unspecified atom stereocenters. The fraction of sp³-hybridized carbons (Fsp3) is 0.0714. The van der Waals surface area contributed by atoms with Crippen molar-refractivity contribution in [3.05, 3.63) is 58.4 Å². The molecule has 0 aliphatic rings. The number of benzene rings is 2. The minimum absolute atomic E-state index is 0.0642. The molecule has 3 nitrogen and oxygen atoms in total. The summed E-state index contributed by atoms with van der Waals surface area (Å²) in [6.07, 6.45) is 0. The molecule has 0 atom stereocenters. The zero-order valence-corrected chi connectivity index (χ0v) is 10.8. The van der Waals surface area contributed by atoms with Gasteiger partial charge in [0.25, 0.3) is 5.91 Å². The number of amides is 1. The van der Waals surface area contributed by atoms with Gasteiger partial charge in [0.15, 0.2) is 0 Å². The van der Waals surface area contributed by atoms with E-state index >= 15 is 0 Å². The summed E-state index contributed by atoms with van der Waals surface area (Å²) in [6, 6.07) is 8.55. The van der Waals surface area contributed by atoms with Crippen LogP contribution in [0.1, 0.15) is 15.9 Å². The third-order valence-electron chi connectivity index (χ3n) is 2.73. The Balaban J connectivity index is 2.28. The first-order valence-corrected chi connectivity index (χ1v) is 5.92. The lowest BCUT2D eigenvalue weighted by molar-refractivity contribution is 0.102. The van der Waals surface area contributed by atoms with Crippen LogP contribution in [-0.4, -0.2) is 11.0 Å². The van der Waals surface area contributed by atoms with Crippen molar-refractivity contribution in [1.29, 1.82) is 0 Å². The van der Waals surface area contributed by atoms with Crippen LogP contribution in [0.2, 0.25) is 5.02 Å². The quantitative estimate of drug-likeness (QED) is 0.880. The number of phenols is 1. The smallest absolute Gasteiger partial charge is 0.258 e. The van der Waals surface area contributed by atoms with E-state index in [4.69, 9.17) is 11.6 Å². The van der Waals surface area contributed by atoms with Crippen LogP contribution in [0.15, 0.2) is 36.4 Å². The highest BCUT2D eigenvalue weighted by Gasteiger charge is 2.13. The molecule has 2 aromatic rings. The Morgan fingerprint density at radius 2 is 2.05 bits per heavy atom. The first kappa shape index (κ1) is 13.4. The molecule has 0 aromatic heterocycles. The first-order valence-electron chi connectivity index (χ1n) is 5.54. The van der Waals surface area contributed by atoms with E-state index in [9.17, 15) is 14.3 Å². The first-order chi connectivity index (χ1) is 8.99. The van der Waals surface area contributed by atoms with Crippen molar-refractivity contribution in [3.8, 4) is 5.75 Å². The van der Waals surface area contributed by atoms with Crippen molar-refractivity contribution < 1.29 is 14.3 Å². The van der Waals surface area contributed by atoms with E-state index in [1.165, 1.54) is 18.2 Å². The summed E-state index contributed by atoms with van der Waals surface area (Å²) < 4.78 is 13.6. The number of hydrogen-bond acceptors (Lipinski definition) is 2. The van der Waals surface area contributed by atoms with Gasteiger partial charge in [0.2, 0.25) is 0 Å². The van der Waals surface area contributed by atoms with Crippen LogP contribution in [0, 0.1) is 12.7 Å². The molecular formula is C14H11ClFNO2. The lowest BCUT2D eigenvalue weighted by Crippen LogP contribution is -2.14. The maximum absolute atomic E-state index is 13.6. The summed E-state index contributed by atoms with van der Waals surface area (Å²) in [5.74, 6) is -1.22. The fourth-order valence-corrected chi connectivity index (χ4v) is 1.78. The number of rotatable bonds is 2. The molecule has 0 saturated heterocycles. The Bertz CT molecular complexity index is 643. The summed E-state index contributed by atoms with van der Waals surface area (Å²) in [6.45, 7) is 1.66. The normalized spacial score (nSPS) is 10.3. The number of carbonyl (C=O) groups excluding carboxylic acids is 1. The second kappa shape index (κ2) is 5.28. The van der Waals surface area contributed by atoms with Crippen LogP contribution < -0.4 is 5.32 Å². The summed E-state index contributed by atoms with van der Waals surface area (Å²) >= 11 is 5.62. The van der Waals surface area contributed by atoms with Crippen LogP contribution in [0.25, 0.3) is 0 Å². The number of phenolic OH excluding ortho intramolecular Hbond substituents is 1. The highest BCUT2D eigenvalue weighted by molar-refractivity contribution is 6.30. The van der Waals surface area contributed by atoms with Crippen molar-refractivity contribution in [1.82, 2.24) is 0 Å². The molecule has 2 rings (SSSR count). The van der Waals surface area contributed by atoms with Crippen LogP contribution in [0.3, 0.4) is 0 Å². The summed E-state index contributed by atoms with van der Waals surface area (Å²) in [5, 5.41) is 12.3. The van der Waals surface area contributed by atoms with Crippen LogP contribution >= 0.6 is 11.6 Å². The molecule has 98 valence electrons. The van der Waals surface area contributed by atoms with Crippen molar-refractivity contribution in [3.63, 3.8) is 0 Å². The third kappa shape index (κ3) is 2.85. The zero-order chi connectivity index (χ0) is 14.0. The molecule has 0 aliphatic heterocycles. The minimum atomic E-state index is -0.692. The standard InChI is InChI=1S/C14H11ClFNO2/c1-8-12(3-2-4-13(8)18)17-14(19)10-6-5-9(15)7-11(10)16/h2-7,18H,1H3,(H,17,19). The molecule has 0 bridgehead atoms. The van der Waals surface area contributed by atoms with Gasteiger partial charge in [-0.2, -0.15) is 0 Å². The Morgan fingerprint density at radius 3 is 2.74 bits per heavy atom. The second-order valence-electron chi connectivity index (χ2n) is 4.03. The van der Waals surface area contributed by atoms with E-state index in [2.05, 4.69) is 5.32 Å². The molecular weight excluding hydrogens is 269 g/mol. The van der Waals surface area contributed by atoms with Gasteiger partial charge in [-0.25, -0.2) is 4.39 Å². The van der Waals surface area contributed by atoms with E-state index in [1.54, 1.807) is 19.1 Å². The molecule has 0 radical (unpaired) electrons. The summed E-state index contributed by atoms with van der Waals surface area (Å²) in [4.78, 5) is 11.9. The predicted octanol–water partition coefficient (Wildman–Crippen LogP) is 3.75. The minimum Gasteiger partial charge on any atom is -0.508 e. The van der Waals surface area contributed by atoms with Crippen molar-refractivity contribution in [2.45, 2.75) is 6.92 Å². The number of hydrogen-bond donors (Lipinski definition) is 2. The van der Waals surface area contributed by atoms with E-state index in [0.29, 0.717) is 11.3 Å². The highest BCUT2D eigenvalue weighted by Crippen LogP contribution is 2.24. The lowest BCUT2D eigenvalue weighted by Gasteiger charge is -2.10. The van der Waals surface area contributed by atoms with Gasteiger partial charge >= 0.3 is 0 Å². The van der Waals surface area contributed by atoms with Crippen LogP contribution in [-0.2, 0) is 0 Å². The van der Waals surface area contributed by atoms with Gasteiger partial charge < -0.3 is 10.4 Å². The Labute approximate surface area is 114 Å². The molecule has 19 heavy (non-hydrogen) atoms. The van der Waals surface area contributed by atoms with E-state index in [-0.39, 0.29) is 16.3 Å². The SMILES string of the molecule is Cc1c(O)cccc1NC(=O)c1ccc(Cl)cc1F. The van der Waals surface area contributed by atoms with E-state index < -0.39 is 11.7 Å². The van der Waals surface area contributed by atoms with Crippen LogP contribution in [0.5, 0.6) is 5.75 Å². The number of halogens is 2. The van der Waals surface area contributed by atoms with Crippen molar-refractivity contribution in [2.75, 3.05) is 5.32 Å². The molecule has 0 fully saturated rings. The maximum Gasteiger partial charge on any atom is 0.258 e. The lowest BCUT2D eigenvalue weighted by atomic mass is 10.1. The topological polar surface area (TPSA) is 49.3 Å². The Morgan fingerprint density at radius 1 is 1.32 bits per heavy atom. The second-order valence-corrected chi connectivity index (χ2v) is 4.46. The molecule has 1 amide bonds. The van der Waals surface area contributed by atoms with Gasteiger partial charge in [0.05, 0.1) is 5.56 Å². The molecule has 0 aliphatic carbocycles. The zero-order valence-electron chi connectivity index (χ0n) is 10.1. The molecule has 0 heterocycles. The Kier molecular flexibility index (Phi) is 3.71. The monoisotopic (exact) mass is 279 g/mol. The van der Waals surface area contributed by atoms with Gasteiger partial charge in [-0.15, -0.1) is 0 Å². The van der Waals surface area contributed by atoms with E-state index in [1.807, 2.05) is 0 Å². The van der Waals surface area contributed by atoms with Crippen molar-refractivity contribution >= 4 is 23.2 Å². The molecule has 2 aromatic carbocycles. The molecule has 5 heteroatoms. The largest absolute Gasteiger partial charge is 0.508 e. The highest BCUT2D eigenvalue weighted by atomic mass is 35.5. The maximum atomic E-state index is 13.6. The van der Waals surface area contributed by atoms with E-state index in [0.717, 1.165) is 6.07 Å². The molecule has 0 spiro atoms. The predicted molar refractivity (Wildman–Crippen MR) is 72.2 cm³/mol. The van der Waals surface area contributed by atoms with Gasteiger partial charge in [-0.05, 0) is 37.3 Å². The molecule has 2 N–H and O–H groups in total. The number of anilines is 1. The van der Waals surface area contributed by atoms with Gasteiger partial charge in [-0.3, -0.25) is 4.79 Å².